The van der Waals surface area contributed by atoms with E-state index in [1.165, 1.54) is 6.07 Å². The van der Waals surface area contributed by atoms with Crippen molar-refractivity contribution >= 4 is 47.4 Å². The van der Waals surface area contributed by atoms with Crippen molar-refractivity contribution in [3.63, 3.8) is 0 Å². The van der Waals surface area contributed by atoms with Gasteiger partial charge in [0, 0.05) is 25.8 Å². The molecule has 7 heteroatoms. The fourth-order valence-electron chi connectivity index (χ4n) is 1.62. The first-order chi connectivity index (χ1) is 9.97. The van der Waals surface area contributed by atoms with E-state index in [0.717, 1.165) is 4.90 Å². The topological polar surface area (TPSA) is 43.4 Å². The van der Waals surface area contributed by atoms with Crippen molar-refractivity contribution < 1.29 is 13.2 Å². The SMILES string of the molecule is O=S(=O)(Cl)c1cc(Br)ccc1OCCSc1ccccc1. The van der Waals surface area contributed by atoms with Crippen LogP contribution in [0.1, 0.15) is 0 Å². The zero-order valence-corrected chi connectivity index (χ0v) is 14.8. The zero-order chi connectivity index (χ0) is 15.3. The highest BCUT2D eigenvalue weighted by Crippen LogP contribution is 2.30. The Labute approximate surface area is 141 Å². The van der Waals surface area contributed by atoms with E-state index in [1.807, 2.05) is 30.3 Å². The van der Waals surface area contributed by atoms with Crippen LogP contribution in [0.5, 0.6) is 5.75 Å². The lowest BCUT2D eigenvalue weighted by atomic mass is 10.3. The Balaban J connectivity index is 1.98. The van der Waals surface area contributed by atoms with Crippen LogP contribution in [0.4, 0.5) is 0 Å². The fraction of sp³-hybridized carbons (Fsp3) is 0.143. The van der Waals surface area contributed by atoms with Crippen molar-refractivity contribution in [1.82, 2.24) is 0 Å². The van der Waals surface area contributed by atoms with Gasteiger partial charge in [-0.1, -0.05) is 34.1 Å². The number of thioether (sulfide) groups is 1. The maximum absolute atomic E-state index is 11.5. The molecule has 0 atom stereocenters. The molecule has 0 spiro atoms. The lowest BCUT2D eigenvalue weighted by Crippen LogP contribution is -2.04. The highest BCUT2D eigenvalue weighted by molar-refractivity contribution is 9.10. The second kappa shape index (κ2) is 7.54. The second-order valence-corrected chi connectivity index (χ2v) is 8.66. The summed E-state index contributed by atoms with van der Waals surface area (Å²) in [7, 11) is 1.58. The molecule has 0 saturated heterocycles. The standard InChI is InChI=1S/C14H12BrClO3S2/c15-11-6-7-13(14(10-11)21(16,17)18)19-8-9-20-12-4-2-1-3-5-12/h1-7,10H,8-9H2. The van der Waals surface area contributed by atoms with Gasteiger partial charge in [0.25, 0.3) is 9.05 Å². The number of rotatable bonds is 6. The number of ether oxygens (including phenoxy) is 1. The third-order valence-electron chi connectivity index (χ3n) is 2.52. The first-order valence-corrected chi connectivity index (χ1v) is 10.1. The van der Waals surface area contributed by atoms with Gasteiger partial charge in [0.2, 0.25) is 0 Å². The van der Waals surface area contributed by atoms with Gasteiger partial charge in [-0.25, -0.2) is 8.42 Å². The molecule has 0 radical (unpaired) electrons. The van der Waals surface area contributed by atoms with Crippen LogP contribution in [0.25, 0.3) is 0 Å². The van der Waals surface area contributed by atoms with Gasteiger partial charge >= 0.3 is 0 Å². The van der Waals surface area contributed by atoms with Gasteiger partial charge in [-0.05, 0) is 30.3 Å². The molecule has 3 nitrogen and oxygen atoms in total. The predicted octanol–water partition coefficient (Wildman–Crippen LogP) is 4.55. The molecule has 2 rings (SSSR count). The molecule has 0 N–H and O–H groups in total. The minimum atomic E-state index is -3.83. The van der Waals surface area contributed by atoms with E-state index in [0.29, 0.717) is 16.8 Å². The summed E-state index contributed by atoms with van der Waals surface area (Å²) < 4.78 is 29.2. The van der Waals surface area contributed by atoms with Crippen LogP contribution < -0.4 is 4.74 Å². The zero-order valence-electron chi connectivity index (χ0n) is 10.8. The third-order valence-corrected chi connectivity index (χ3v) is 5.33. The van der Waals surface area contributed by atoms with E-state index >= 15 is 0 Å². The summed E-state index contributed by atoms with van der Waals surface area (Å²) in [4.78, 5) is 1.12. The monoisotopic (exact) mass is 406 g/mol. The quantitative estimate of drug-likeness (QED) is 0.400. The van der Waals surface area contributed by atoms with Crippen LogP contribution in [-0.4, -0.2) is 20.8 Å². The summed E-state index contributed by atoms with van der Waals surface area (Å²) in [6, 6.07) is 14.7. The van der Waals surface area contributed by atoms with Gasteiger partial charge in [-0.3, -0.25) is 0 Å². The maximum atomic E-state index is 11.5. The Morgan fingerprint density at radius 2 is 1.86 bits per heavy atom. The second-order valence-electron chi connectivity index (χ2n) is 4.04. The van der Waals surface area contributed by atoms with Crippen LogP contribution >= 0.6 is 38.4 Å². The number of benzene rings is 2. The van der Waals surface area contributed by atoms with Crippen molar-refractivity contribution in [1.29, 1.82) is 0 Å². The third kappa shape index (κ3) is 5.21. The molecule has 0 bridgehead atoms. The number of halogens is 2. The molecule has 0 heterocycles. The minimum Gasteiger partial charge on any atom is -0.491 e. The van der Waals surface area contributed by atoms with Crippen molar-refractivity contribution in [2.75, 3.05) is 12.4 Å². The first kappa shape index (κ1) is 16.7. The fourth-order valence-corrected chi connectivity index (χ4v) is 3.88. The Morgan fingerprint density at radius 3 is 2.52 bits per heavy atom. The molecule has 0 aliphatic rings. The summed E-state index contributed by atoms with van der Waals surface area (Å²) in [5, 5.41) is 0. The largest absolute Gasteiger partial charge is 0.491 e. The summed E-state index contributed by atoms with van der Waals surface area (Å²) in [5.74, 6) is 0.976. The van der Waals surface area contributed by atoms with Crippen molar-refractivity contribution in [2.45, 2.75) is 9.79 Å². The van der Waals surface area contributed by atoms with Crippen LogP contribution in [0.15, 0.2) is 62.8 Å². The lowest BCUT2D eigenvalue weighted by molar-refractivity contribution is 0.335. The van der Waals surface area contributed by atoms with Gasteiger partial charge < -0.3 is 4.74 Å². The molecule has 0 fully saturated rings. The molecular formula is C14H12BrClO3S2. The molecule has 0 amide bonds. The van der Waals surface area contributed by atoms with E-state index in [9.17, 15) is 8.42 Å². The predicted molar refractivity (Wildman–Crippen MR) is 89.8 cm³/mol. The first-order valence-electron chi connectivity index (χ1n) is 6.02. The lowest BCUT2D eigenvalue weighted by Gasteiger charge is -2.10. The smallest absolute Gasteiger partial charge is 0.265 e. The molecule has 0 aromatic heterocycles. The normalized spacial score (nSPS) is 11.3. The van der Waals surface area contributed by atoms with E-state index in [2.05, 4.69) is 15.9 Å². The van der Waals surface area contributed by atoms with Crippen LogP contribution in [0.3, 0.4) is 0 Å². The van der Waals surface area contributed by atoms with Gasteiger partial charge in [0.1, 0.15) is 10.6 Å². The molecule has 2 aromatic carbocycles. The van der Waals surface area contributed by atoms with Gasteiger partial charge in [0.15, 0.2) is 0 Å². The van der Waals surface area contributed by atoms with Gasteiger partial charge in [0.05, 0.1) is 6.61 Å². The molecule has 0 aliphatic heterocycles. The Bertz CT molecular complexity index is 705. The Kier molecular flexibility index (Phi) is 5.98. The molecule has 112 valence electrons. The molecular weight excluding hydrogens is 396 g/mol. The van der Waals surface area contributed by atoms with Crippen molar-refractivity contribution in [3.05, 3.63) is 53.0 Å². The van der Waals surface area contributed by atoms with E-state index in [-0.39, 0.29) is 10.6 Å². The average Bonchev–Trinajstić information content (AvgIpc) is 2.45. The Hall–Kier alpha value is -0.690. The molecule has 21 heavy (non-hydrogen) atoms. The van der Waals surface area contributed by atoms with Crippen LogP contribution in [0, 0.1) is 0 Å². The molecule has 0 saturated carbocycles. The average molecular weight is 408 g/mol. The molecule has 0 unspecified atom stereocenters. The maximum Gasteiger partial charge on any atom is 0.265 e. The van der Waals surface area contributed by atoms with Gasteiger partial charge in [-0.2, -0.15) is 0 Å². The van der Waals surface area contributed by atoms with E-state index < -0.39 is 9.05 Å². The highest BCUT2D eigenvalue weighted by atomic mass is 79.9. The number of hydrogen-bond acceptors (Lipinski definition) is 4. The Morgan fingerprint density at radius 1 is 1.14 bits per heavy atom. The summed E-state index contributed by atoms with van der Waals surface area (Å²) in [5.41, 5.74) is 0. The van der Waals surface area contributed by atoms with Crippen molar-refractivity contribution in [2.24, 2.45) is 0 Å². The minimum absolute atomic E-state index is 0.0248. The van der Waals surface area contributed by atoms with Crippen LogP contribution in [0.2, 0.25) is 0 Å². The van der Waals surface area contributed by atoms with Crippen LogP contribution in [-0.2, 0) is 9.05 Å². The van der Waals surface area contributed by atoms with E-state index in [1.54, 1.807) is 23.9 Å². The summed E-state index contributed by atoms with van der Waals surface area (Å²) >= 11 is 4.86. The highest BCUT2D eigenvalue weighted by Gasteiger charge is 2.17. The summed E-state index contributed by atoms with van der Waals surface area (Å²) in [6.07, 6.45) is 0. The summed E-state index contributed by atoms with van der Waals surface area (Å²) in [6.45, 7) is 0.389. The number of hydrogen-bond donors (Lipinski definition) is 0. The van der Waals surface area contributed by atoms with E-state index in [4.69, 9.17) is 15.4 Å². The van der Waals surface area contributed by atoms with Gasteiger partial charge in [-0.15, -0.1) is 11.8 Å². The molecule has 2 aromatic rings. The van der Waals surface area contributed by atoms with Crippen molar-refractivity contribution in [3.8, 4) is 5.75 Å². The molecule has 0 aliphatic carbocycles.